The minimum atomic E-state index is -0.487. The number of hydrogen-bond acceptors (Lipinski definition) is 6. The second kappa shape index (κ2) is 9.61. The maximum atomic E-state index is 12.7. The van der Waals surface area contributed by atoms with Gasteiger partial charge in [0.2, 0.25) is 11.8 Å². The van der Waals surface area contributed by atoms with E-state index < -0.39 is 4.92 Å². The first-order valence-corrected chi connectivity index (χ1v) is 10.4. The van der Waals surface area contributed by atoms with Gasteiger partial charge in [0.1, 0.15) is 5.75 Å². The predicted molar refractivity (Wildman–Crippen MR) is 117 cm³/mol. The van der Waals surface area contributed by atoms with Gasteiger partial charge in [0.05, 0.1) is 11.5 Å². The number of nitro groups is 1. The van der Waals surface area contributed by atoms with Gasteiger partial charge in [-0.3, -0.25) is 19.7 Å². The van der Waals surface area contributed by atoms with Gasteiger partial charge in [-0.2, -0.15) is 0 Å². The number of carbonyl (C=O) groups is 2. The summed E-state index contributed by atoms with van der Waals surface area (Å²) in [4.78, 5) is 37.5. The molecule has 0 bridgehead atoms. The van der Waals surface area contributed by atoms with Crippen molar-refractivity contribution in [1.82, 2.24) is 4.90 Å². The molecule has 0 atom stereocenters. The summed E-state index contributed by atoms with van der Waals surface area (Å²) in [5, 5.41) is 14.1. The zero-order valence-corrected chi connectivity index (χ0v) is 17.4. The molecule has 2 aromatic carbocycles. The number of piperidine rings is 1. The van der Waals surface area contributed by atoms with Crippen LogP contribution >= 0.6 is 0 Å². The van der Waals surface area contributed by atoms with E-state index in [4.69, 9.17) is 9.47 Å². The van der Waals surface area contributed by atoms with Crippen molar-refractivity contribution >= 4 is 29.3 Å². The minimum Gasteiger partial charge on any atom is -0.467 e. The fraction of sp³-hybridized carbons (Fsp3) is 0.304. The number of rotatable bonds is 5. The number of anilines is 1. The average molecular weight is 437 g/mol. The van der Waals surface area contributed by atoms with Crippen LogP contribution in [0, 0.1) is 16.0 Å². The molecular formula is C23H23N3O6. The molecule has 0 unspecified atom stereocenters. The lowest BCUT2D eigenvalue weighted by Gasteiger charge is -2.30. The van der Waals surface area contributed by atoms with Gasteiger partial charge in [0.25, 0.3) is 5.69 Å². The Morgan fingerprint density at radius 1 is 1.16 bits per heavy atom. The van der Waals surface area contributed by atoms with Crippen LogP contribution in [0.2, 0.25) is 0 Å². The van der Waals surface area contributed by atoms with Gasteiger partial charge in [0.15, 0.2) is 6.79 Å². The first kappa shape index (κ1) is 21.5. The number of amides is 2. The Morgan fingerprint density at radius 3 is 2.62 bits per heavy atom. The molecule has 0 spiro atoms. The van der Waals surface area contributed by atoms with E-state index in [9.17, 15) is 19.7 Å². The molecule has 9 nitrogen and oxygen atoms in total. The topological polar surface area (TPSA) is 111 Å². The Kier molecular flexibility index (Phi) is 6.46. The van der Waals surface area contributed by atoms with Gasteiger partial charge in [-0.25, -0.2) is 0 Å². The molecule has 0 aliphatic carbocycles. The fourth-order valence-electron chi connectivity index (χ4n) is 3.86. The zero-order valence-electron chi connectivity index (χ0n) is 17.4. The molecule has 2 amide bonds. The third-order valence-electron chi connectivity index (χ3n) is 5.56. The van der Waals surface area contributed by atoms with Gasteiger partial charge < -0.3 is 19.7 Å². The fourth-order valence-corrected chi connectivity index (χ4v) is 3.86. The molecule has 2 aromatic rings. The average Bonchev–Trinajstić information content (AvgIpc) is 2.82. The molecule has 4 rings (SSSR count). The quantitative estimate of drug-likeness (QED) is 0.436. The standard InChI is InChI=1S/C23H23N3O6/c27-21(7-6-17-12-20(26(29)30)13-18-14-31-15-32-22(17)18)25-10-8-16(9-11-25)23(28)24-19-4-2-1-3-5-19/h1-7,12-13,16H,8-11,14-15H2,(H,24,28). The van der Waals surface area contributed by atoms with Crippen LogP contribution in [0.3, 0.4) is 0 Å². The van der Waals surface area contributed by atoms with Gasteiger partial charge in [0, 0.05) is 54.0 Å². The summed E-state index contributed by atoms with van der Waals surface area (Å²) in [6, 6.07) is 12.1. The largest absolute Gasteiger partial charge is 0.467 e. The van der Waals surface area contributed by atoms with Gasteiger partial charge in [-0.05, 0) is 31.1 Å². The summed E-state index contributed by atoms with van der Waals surface area (Å²) in [5.74, 6) is 0.0864. The van der Waals surface area contributed by atoms with Gasteiger partial charge >= 0.3 is 0 Å². The van der Waals surface area contributed by atoms with Crippen molar-refractivity contribution in [2.24, 2.45) is 5.92 Å². The first-order valence-electron chi connectivity index (χ1n) is 10.4. The van der Waals surface area contributed by atoms with Crippen molar-refractivity contribution in [2.75, 3.05) is 25.2 Å². The van der Waals surface area contributed by atoms with Crippen LogP contribution in [-0.2, 0) is 20.9 Å². The van der Waals surface area contributed by atoms with E-state index in [1.807, 2.05) is 30.3 Å². The van der Waals surface area contributed by atoms with Crippen molar-refractivity contribution < 1.29 is 24.0 Å². The molecule has 0 aromatic heterocycles. The number of para-hydroxylation sites is 1. The third kappa shape index (κ3) is 4.94. The van der Waals surface area contributed by atoms with Crippen LogP contribution in [0.1, 0.15) is 24.0 Å². The highest BCUT2D eigenvalue weighted by Crippen LogP contribution is 2.33. The van der Waals surface area contributed by atoms with E-state index >= 15 is 0 Å². The van der Waals surface area contributed by atoms with Crippen molar-refractivity contribution in [3.05, 3.63) is 69.8 Å². The van der Waals surface area contributed by atoms with Gasteiger partial charge in [-0.15, -0.1) is 0 Å². The lowest BCUT2D eigenvalue weighted by Crippen LogP contribution is -2.40. The van der Waals surface area contributed by atoms with Crippen LogP contribution in [0.4, 0.5) is 11.4 Å². The number of likely N-dealkylation sites (tertiary alicyclic amines) is 1. The molecule has 0 radical (unpaired) electrons. The van der Waals surface area contributed by atoms with E-state index in [2.05, 4.69) is 5.32 Å². The summed E-state index contributed by atoms with van der Waals surface area (Å²) in [6.07, 6.45) is 4.08. The maximum Gasteiger partial charge on any atom is 0.270 e. The number of non-ortho nitro benzene ring substituents is 1. The van der Waals surface area contributed by atoms with E-state index in [0.717, 1.165) is 5.69 Å². The Balaban J connectivity index is 1.37. The molecule has 0 saturated carbocycles. The van der Waals surface area contributed by atoms with Crippen LogP contribution in [0.25, 0.3) is 6.08 Å². The van der Waals surface area contributed by atoms with E-state index in [0.29, 0.717) is 42.8 Å². The van der Waals surface area contributed by atoms with Crippen molar-refractivity contribution in [3.8, 4) is 5.75 Å². The van der Waals surface area contributed by atoms with E-state index in [1.165, 1.54) is 24.3 Å². The lowest BCUT2D eigenvalue weighted by molar-refractivity contribution is -0.385. The van der Waals surface area contributed by atoms with E-state index in [-0.39, 0.29) is 36.8 Å². The summed E-state index contributed by atoms with van der Waals surface area (Å²) < 4.78 is 10.7. The SMILES string of the molecule is O=C(Nc1ccccc1)C1CCN(C(=O)C=Cc2cc([N+](=O)[O-])cc3c2OCOC3)CC1. The lowest BCUT2D eigenvalue weighted by atomic mass is 9.95. The second-order valence-electron chi connectivity index (χ2n) is 7.68. The highest BCUT2D eigenvalue weighted by atomic mass is 16.7. The smallest absolute Gasteiger partial charge is 0.270 e. The van der Waals surface area contributed by atoms with Crippen molar-refractivity contribution in [3.63, 3.8) is 0 Å². The molecule has 1 N–H and O–H groups in total. The van der Waals surface area contributed by atoms with Crippen LogP contribution in [0.5, 0.6) is 5.75 Å². The summed E-state index contributed by atoms with van der Waals surface area (Å²) >= 11 is 0. The monoisotopic (exact) mass is 437 g/mol. The molecule has 1 fully saturated rings. The number of ether oxygens (including phenoxy) is 2. The maximum absolute atomic E-state index is 12.7. The van der Waals surface area contributed by atoms with E-state index in [1.54, 1.807) is 4.90 Å². The number of carbonyl (C=O) groups excluding carboxylic acids is 2. The Morgan fingerprint density at radius 2 is 1.91 bits per heavy atom. The second-order valence-corrected chi connectivity index (χ2v) is 7.68. The van der Waals surface area contributed by atoms with Crippen LogP contribution in [0.15, 0.2) is 48.5 Å². The minimum absolute atomic E-state index is 0.0403. The summed E-state index contributed by atoms with van der Waals surface area (Å²) in [7, 11) is 0. The van der Waals surface area contributed by atoms with Gasteiger partial charge in [-0.1, -0.05) is 18.2 Å². The summed E-state index contributed by atoms with van der Waals surface area (Å²) in [5.41, 5.74) is 1.70. The van der Waals surface area contributed by atoms with Crippen LogP contribution < -0.4 is 10.1 Å². The molecular weight excluding hydrogens is 414 g/mol. The third-order valence-corrected chi connectivity index (χ3v) is 5.56. The normalized spacial score (nSPS) is 16.3. The molecule has 2 aliphatic heterocycles. The molecule has 2 heterocycles. The highest BCUT2D eigenvalue weighted by molar-refractivity contribution is 5.94. The van der Waals surface area contributed by atoms with Crippen molar-refractivity contribution in [1.29, 1.82) is 0 Å². The Bertz CT molecular complexity index is 1050. The number of nitro benzene ring substituents is 1. The molecule has 1 saturated heterocycles. The molecule has 32 heavy (non-hydrogen) atoms. The molecule has 2 aliphatic rings. The predicted octanol–water partition coefficient (Wildman–Crippen LogP) is 3.35. The van der Waals surface area contributed by atoms with Crippen LogP contribution in [-0.4, -0.2) is 41.5 Å². The molecule has 166 valence electrons. The Hall–Kier alpha value is -3.72. The number of nitrogens with zero attached hydrogens (tertiary/aromatic N) is 2. The number of nitrogens with one attached hydrogen (secondary N) is 1. The number of fused-ring (bicyclic) bond motifs is 1. The van der Waals surface area contributed by atoms with Crippen molar-refractivity contribution in [2.45, 2.75) is 19.4 Å². The Labute approximate surface area is 184 Å². The molecule has 9 heteroatoms. The highest BCUT2D eigenvalue weighted by Gasteiger charge is 2.27. The first-order chi connectivity index (χ1) is 15.5. The number of benzene rings is 2. The number of hydrogen-bond donors (Lipinski definition) is 1. The zero-order chi connectivity index (χ0) is 22.5. The summed E-state index contributed by atoms with van der Waals surface area (Å²) in [6.45, 7) is 1.20.